The van der Waals surface area contributed by atoms with Crippen LogP contribution in [0.25, 0.3) is 0 Å². The molecule has 2 fully saturated rings. The second-order valence-electron chi connectivity index (χ2n) is 6.71. The Balaban J connectivity index is 1.71. The van der Waals surface area contributed by atoms with Crippen molar-refractivity contribution in [2.75, 3.05) is 16.3 Å². The minimum Gasteiger partial charge on any atom is -0.325 e. The van der Waals surface area contributed by atoms with E-state index in [0.29, 0.717) is 23.3 Å². The molecular weight excluding hydrogens is 328 g/mol. The fourth-order valence-corrected chi connectivity index (χ4v) is 4.15. The van der Waals surface area contributed by atoms with E-state index in [4.69, 9.17) is 0 Å². The highest BCUT2D eigenvalue weighted by atomic mass is 32.2. The van der Waals surface area contributed by atoms with E-state index in [1.54, 1.807) is 18.2 Å². The average Bonchev–Trinajstić information content (AvgIpc) is 2.93. The Hall–Kier alpha value is -1.64. The van der Waals surface area contributed by atoms with E-state index < -0.39 is 10.0 Å². The first-order valence-corrected chi connectivity index (χ1v) is 10.1. The number of amides is 1. The molecule has 1 aliphatic carbocycles. The summed E-state index contributed by atoms with van der Waals surface area (Å²) in [4.78, 5) is 12.6. The largest absolute Gasteiger partial charge is 0.325 e. The third-order valence-electron chi connectivity index (χ3n) is 4.75. The van der Waals surface area contributed by atoms with E-state index in [2.05, 4.69) is 20.9 Å². The van der Waals surface area contributed by atoms with Gasteiger partial charge in [0, 0.05) is 17.6 Å². The van der Waals surface area contributed by atoms with Crippen LogP contribution >= 0.6 is 0 Å². The summed E-state index contributed by atoms with van der Waals surface area (Å²) in [5.74, 6) is 0.212. The van der Waals surface area contributed by atoms with Crippen molar-refractivity contribution >= 4 is 27.3 Å². The molecule has 0 bridgehead atoms. The highest BCUT2D eigenvalue weighted by molar-refractivity contribution is 7.92. The lowest BCUT2D eigenvalue weighted by molar-refractivity contribution is -0.118. The monoisotopic (exact) mass is 352 g/mol. The van der Waals surface area contributed by atoms with Gasteiger partial charge in [-0.25, -0.2) is 13.8 Å². The number of rotatable bonds is 4. The van der Waals surface area contributed by atoms with Gasteiger partial charge in [-0.1, -0.05) is 18.9 Å². The molecule has 3 rings (SSSR count). The number of sulfonamides is 1. The molecule has 8 heteroatoms. The number of nitrogens with one attached hydrogen (secondary N) is 4. The first-order valence-electron chi connectivity index (χ1n) is 8.24. The third kappa shape index (κ3) is 3.88. The lowest BCUT2D eigenvalue weighted by atomic mass is 9.81. The van der Waals surface area contributed by atoms with Gasteiger partial charge in [0.2, 0.25) is 15.9 Å². The summed E-state index contributed by atoms with van der Waals surface area (Å²) in [5.41, 5.74) is 8.19. The van der Waals surface area contributed by atoms with Crippen LogP contribution in [0.5, 0.6) is 0 Å². The quantitative estimate of drug-likeness (QED) is 0.655. The van der Waals surface area contributed by atoms with Crippen molar-refractivity contribution in [1.82, 2.24) is 10.9 Å². The number of hydrazine groups is 1. The molecule has 0 aromatic heterocycles. The molecule has 1 saturated heterocycles. The van der Waals surface area contributed by atoms with Gasteiger partial charge in [0.05, 0.1) is 11.9 Å². The topological polar surface area (TPSA) is 99.3 Å². The Morgan fingerprint density at radius 3 is 2.71 bits per heavy atom. The Bertz CT molecular complexity index is 735. The molecule has 1 heterocycles. The van der Waals surface area contributed by atoms with Crippen molar-refractivity contribution in [1.29, 1.82) is 0 Å². The van der Waals surface area contributed by atoms with Gasteiger partial charge < -0.3 is 5.32 Å². The van der Waals surface area contributed by atoms with Crippen molar-refractivity contribution in [2.24, 2.45) is 5.92 Å². The summed E-state index contributed by atoms with van der Waals surface area (Å²) in [6.45, 7) is 1.81. The molecule has 0 radical (unpaired) electrons. The van der Waals surface area contributed by atoms with Crippen molar-refractivity contribution < 1.29 is 13.2 Å². The van der Waals surface area contributed by atoms with Crippen LogP contribution in [0, 0.1) is 12.8 Å². The average molecular weight is 352 g/mol. The molecule has 1 amide bonds. The Labute approximate surface area is 142 Å². The van der Waals surface area contributed by atoms with Crippen molar-refractivity contribution in [3.05, 3.63) is 23.8 Å². The fraction of sp³-hybridized carbons (Fsp3) is 0.562. The zero-order valence-electron chi connectivity index (χ0n) is 13.9. The summed E-state index contributed by atoms with van der Waals surface area (Å²) >= 11 is 0. The van der Waals surface area contributed by atoms with Crippen molar-refractivity contribution in [2.45, 2.75) is 44.7 Å². The van der Waals surface area contributed by atoms with E-state index in [1.165, 1.54) is 6.42 Å². The zero-order chi connectivity index (χ0) is 17.3. The highest BCUT2D eigenvalue weighted by Crippen LogP contribution is 2.31. The Kier molecular flexibility index (Phi) is 4.80. The zero-order valence-corrected chi connectivity index (χ0v) is 14.7. The number of carbonyl (C=O) groups is 1. The number of aryl methyl sites for hydroxylation is 1. The number of benzene rings is 1. The molecule has 7 nitrogen and oxygen atoms in total. The predicted octanol–water partition coefficient (Wildman–Crippen LogP) is 1.34. The van der Waals surface area contributed by atoms with Crippen LogP contribution in [0.1, 0.15) is 31.2 Å². The summed E-state index contributed by atoms with van der Waals surface area (Å²) in [7, 11) is -3.36. The smallest absolute Gasteiger partial charge is 0.243 e. The van der Waals surface area contributed by atoms with Gasteiger partial charge in [-0.15, -0.1) is 0 Å². The van der Waals surface area contributed by atoms with Gasteiger partial charge in [-0.05, 0) is 37.5 Å². The molecule has 1 saturated carbocycles. The summed E-state index contributed by atoms with van der Waals surface area (Å²) in [5, 5.41) is 2.89. The molecule has 3 atom stereocenters. The predicted molar refractivity (Wildman–Crippen MR) is 94.1 cm³/mol. The third-order valence-corrected chi connectivity index (χ3v) is 5.35. The standard InChI is InChI=1S/C16H24N4O3S/c1-10-7-8-11(9-14(10)20-24(2,22)23)17-16(21)15-12-5-3-4-6-13(12)18-19-15/h7-9,12-13,15,18-20H,3-6H2,1-2H3,(H,17,21). The molecule has 0 spiro atoms. The van der Waals surface area contributed by atoms with Crippen molar-refractivity contribution in [3.8, 4) is 0 Å². The molecule has 1 aliphatic heterocycles. The molecule has 3 unspecified atom stereocenters. The number of carbonyl (C=O) groups excluding carboxylic acids is 1. The number of anilines is 2. The van der Waals surface area contributed by atoms with E-state index in [0.717, 1.165) is 31.1 Å². The summed E-state index contributed by atoms with van der Waals surface area (Å²) < 4.78 is 25.3. The van der Waals surface area contributed by atoms with Crippen molar-refractivity contribution in [3.63, 3.8) is 0 Å². The number of hydrogen-bond donors (Lipinski definition) is 4. The molecule has 24 heavy (non-hydrogen) atoms. The maximum absolute atomic E-state index is 12.6. The van der Waals surface area contributed by atoms with E-state index in [1.807, 2.05) is 6.92 Å². The second kappa shape index (κ2) is 6.70. The Morgan fingerprint density at radius 1 is 1.21 bits per heavy atom. The molecular formula is C16H24N4O3S. The molecule has 1 aromatic rings. The van der Waals surface area contributed by atoms with E-state index >= 15 is 0 Å². The highest BCUT2D eigenvalue weighted by Gasteiger charge is 2.40. The van der Waals surface area contributed by atoms with E-state index in [-0.39, 0.29) is 11.9 Å². The first kappa shape index (κ1) is 17.2. The Morgan fingerprint density at radius 2 is 1.96 bits per heavy atom. The lowest BCUT2D eigenvalue weighted by Crippen LogP contribution is -2.42. The van der Waals surface area contributed by atoms with Crippen LogP contribution in [-0.2, 0) is 14.8 Å². The minimum atomic E-state index is -3.36. The second-order valence-corrected chi connectivity index (χ2v) is 8.46. The molecule has 4 N–H and O–H groups in total. The molecule has 1 aromatic carbocycles. The lowest BCUT2D eigenvalue weighted by Gasteiger charge is -2.26. The summed E-state index contributed by atoms with van der Waals surface area (Å²) in [6.07, 6.45) is 5.59. The van der Waals surface area contributed by atoms with Crippen LogP contribution in [0.4, 0.5) is 11.4 Å². The van der Waals surface area contributed by atoms with Gasteiger partial charge in [0.1, 0.15) is 6.04 Å². The van der Waals surface area contributed by atoms with Gasteiger partial charge in [-0.2, -0.15) is 0 Å². The maximum atomic E-state index is 12.6. The van der Waals surface area contributed by atoms with E-state index in [9.17, 15) is 13.2 Å². The number of fused-ring (bicyclic) bond motifs is 1. The van der Waals surface area contributed by atoms with Gasteiger partial charge in [0.25, 0.3) is 0 Å². The van der Waals surface area contributed by atoms with Crippen LogP contribution in [0.15, 0.2) is 18.2 Å². The van der Waals surface area contributed by atoms with Crippen LogP contribution in [0.2, 0.25) is 0 Å². The molecule has 2 aliphatic rings. The normalized spacial score (nSPS) is 26.7. The van der Waals surface area contributed by atoms with Gasteiger partial charge in [0.15, 0.2) is 0 Å². The first-order chi connectivity index (χ1) is 11.3. The number of hydrogen-bond acceptors (Lipinski definition) is 5. The fourth-order valence-electron chi connectivity index (χ4n) is 3.53. The summed E-state index contributed by atoms with van der Waals surface area (Å²) in [6, 6.07) is 5.31. The van der Waals surface area contributed by atoms with Gasteiger partial charge >= 0.3 is 0 Å². The SMILES string of the molecule is Cc1ccc(NC(=O)C2NNC3CCCCC32)cc1NS(C)(=O)=O. The van der Waals surface area contributed by atoms with Gasteiger partial charge in [-0.3, -0.25) is 14.9 Å². The van der Waals surface area contributed by atoms with Crippen LogP contribution in [-0.4, -0.2) is 32.7 Å². The minimum absolute atomic E-state index is 0.0916. The maximum Gasteiger partial charge on any atom is 0.243 e. The van der Waals surface area contributed by atoms with Crippen LogP contribution in [0.3, 0.4) is 0 Å². The van der Waals surface area contributed by atoms with Crippen LogP contribution < -0.4 is 20.9 Å². The molecule has 132 valence electrons.